The summed E-state index contributed by atoms with van der Waals surface area (Å²) >= 11 is 1.71. The second-order valence-corrected chi connectivity index (χ2v) is 8.62. The summed E-state index contributed by atoms with van der Waals surface area (Å²) in [6.45, 7) is 1.99. The maximum Gasteiger partial charge on any atom is 0.228 e. The van der Waals surface area contributed by atoms with E-state index in [1.165, 1.54) is 6.42 Å². The first-order valence-electron chi connectivity index (χ1n) is 9.77. The molecule has 4 rings (SSSR count). The van der Waals surface area contributed by atoms with Crippen LogP contribution in [0.4, 0.5) is 0 Å². The first-order valence-corrected chi connectivity index (χ1v) is 10.6. The quantitative estimate of drug-likeness (QED) is 0.664. The minimum absolute atomic E-state index is 0.186. The summed E-state index contributed by atoms with van der Waals surface area (Å²) in [6.07, 6.45) is 8.81. The van der Waals surface area contributed by atoms with E-state index < -0.39 is 5.41 Å². The monoisotopic (exact) mass is 391 g/mol. The molecule has 144 valence electrons. The van der Waals surface area contributed by atoms with E-state index in [1.54, 1.807) is 11.8 Å². The van der Waals surface area contributed by atoms with Crippen molar-refractivity contribution < 1.29 is 4.79 Å². The number of nitrogens with two attached hydrogens (primary N) is 1. The Hall–Kier alpha value is -2.53. The lowest BCUT2D eigenvalue weighted by Gasteiger charge is -2.35. The number of carbonyl (C=O) groups excluding carboxylic acids is 1. The molecule has 0 saturated heterocycles. The molecule has 4 nitrogen and oxygen atoms in total. The van der Waals surface area contributed by atoms with Gasteiger partial charge in [0.15, 0.2) is 0 Å². The van der Waals surface area contributed by atoms with Crippen LogP contribution in [0.3, 0.4) is 0 Å². The van der Waals surface area contributed by atoms with Gasteiger partial charge in [-0.15, -0.1) is 0 Å². The highest BCUT2D eigenvalue weighted by molar-refractivity contribution is 7.99. The van der Waals surface area contributed by atoms with Crippen LogP contribution in [0.15, 0.2) is 70.7 Å². The number of aromatic nitrogens is 2. The summed E-state index contributed by atoms with van der Waals surface area (Å²) in [7, 11) is 0. The zero-order valence-electron chi connectivity index (χ0n) is 16.1. The summed E-state index contributed by atoms with van der Waals surface area (Å²) in [4.78, 5) is 18.9. The fourth-order valence-electron chi connectivity index (χ4n) is 4.15. The van der Waals surface area contributed by atoms with Crippen LogP contribution in [-0.4, -0.2) is 15.5 Å². The lowest BCUT2D eigenvalue weighted by atomic mass is 9.69. The molecule has 1 aromatic heterocycles. The number of hydrogen-bond acceptors (Lipinski definition) is 3. The average molecular weight is 392 g/mol. The van der Waals surface area contributed by atoms with Gasteiger partial charge >= 0.3 is 0 Å². The van der Waals surface area contributed by atoms with Crippen molar-refractivity contribution >= 4 is 17.7 Å². The highest BCUT2D eigenvalue weighted by Crippen LogP contribution is 2.41. The number of rotatable bonds is 5. The van der Waals surface area contributed by atoms with Crippen LogP contribution in [0.25, 0.3) is 5.69 Å². The van der Waals surface area contributed by atoms with Crippen molar-refractivity contribution in [2.75, 3.05) is 0 Å². The number of carbonyl (C=O) groups is 1. The van der Waals surface area contributed by atoms with Gasteiger partial charge in [-0.2, -0.15) is 0 Å². The van der Waals surface area contributed by atoms with Crippen molar-refractivity contribution in [3.8, 4) is 5.69 Å². The van der Waals surface area contributed by atoms with E-state index in [0.717, 1.165) is 52.5 Å². The zero-order valence-corrected chi connectivity index (χ0v) is 16.9. The maximum absolute atomic E-state index is 12.3. The summed E-state index contributed by atoms with van der Waals surface area (Å²) < 4.78 is 2.06. The molecule has 2 aromatic carbocycles. The van der Waals surface area contributed by atoms with Gasteiger partial charge in [0.05, 0.1) is 5.41 Å². The second kappa shape index (κ2) is 7.84. The highest BCUT2D eigenvalue weighted by atomic mass is 32.2. The molecule has 1 amide bonds. The zero-order chi connectivity index (χ0) is 19.6. The molecule has 0 aliphatic heterocycles. The first-order chi connectivity index (χ1) is 13.6. The summed E-state index contributed by atoms with van der Waals surface area (Å²) in [5, 5.41) is 0. The Morgan fingerprint density at radius 3 is 2.46 bits per heavy atom. The summed E-state index contributed by atoms with van der Waals surface area (Å²) in [5.41, 5.74) is 7.52. The van der Waals surface area contributed by atoms with E-state index in [0.29, 0.717) is 0 Å². The van der Waals surface area contributed by atoms with E-state index in [4.69, 9.17) is 5.73 Å². The van der Waals surface area contributed by atoms with Crippen LogP contribution >= 0.6 is 11.8 Å². The predicted molar refractivity (Wildman–Crippen MR) is 113 cm³/mol. The molecular weight excluding hydrogens is 366 g/mol. The molecule has 0 radical (unpaired) electrons. The van der Waals surface area contributed by atoms with Crippen molar-refractivity contribution in [3.63, 3.8) is 0 Å². The van der Waals surface area contributed by atoms with Crippen molar-refractivity contribution in [1.82, 2.24) is 9.55 Å². The van der Waals surface area contributed by atoms with Crippen molar-refractivity contribution in [1.29, 1.82) is 0 Å². The van der Waals surface area contributed by atoms with Crippen molar-refractivity contribution in [2.45, 2.75) is 54.2 Å². The van der Waals surface area contributed by atoms with E-state index in [9.17, 15) is 4.79 Å². The molecule has 28 heavy (non-hydrogen) atoms. The number of amides is 1. The van der Waals surface area contributed by atoms with Crippen molar-refractivity contribution in [2.24, 2.45) is 5.73 Å². The number of primary amides is 1. The molecule has 1 aliphatic carbocycles. The average Bonchev–Trinajstić information content (AvgIpc) is 3.15. The van der Waals surface area contributed by atoms with Gasteiger partial charge in [-0.3, -0.25) is 4.79 Å². The fourth-order valence-corrected chi connectivity index (χ4v) is 5.03. The minimum atomic E-state index is -0.502. The predicted octanol–water partition coefficient (Wildman–Crippen LogP) is 5.02. The molecule has 1 aliphatic rings. The van der Waals surface area contributed by atoms with Gasteiger partial charge in [0.1, 0.15) is 5.82 Å². The van der Waals surface area contributed by atoms with E-state index in [-0.39, 0.29) is 5.91 Å². The van der Waals surface area contributed by atoms with E-state index in [2.05, 4.69) is 52.0 Å². The number of nitrogens with zero attached hydrogens (tertiary/aromatic N) is 2. The number of benzene rings is 2. The lowest BCUT2D eigenvalue weighted by molar-refractivity contribution is -0.124. The van der Waals surface area contributed by atoms with Crippen LogP contribution < -0.4 is 5.73 Å². The van der Waals surface area contributed by atoms with Crippen LogP contribution in [-0.2, 0) is 10.2 Å². The summed E-state index contributed by atoms with van der Waals surface area (Å²) in [5.74, 6) is 0.784. The third-order valence-corrected chi connectivity index (χ3v) is 6.74. The van der Waals surface area contributed by atoms with Gasteiger partial charge in [0.2, 0.25) is 5.91 Å². The molecule has 0 unspecified atom stereocenters. The Bertz CT molecular complexity index is 972. The molecular formula is C23H25N3OS. The third kappa shape index (κ3) is 3.59. The standard InChI is InChI=1S/C23H25N3OS/c1-17-25-14-15-26(17)19-8-10-20(11-9-19)28-21-7-5-6-18(16-21)23(22(24)27)12-3-2-4-13-23/h5-11,14-16H,2-4,12-13H2,1H3,(H2,24,27). The van der Waals surface area contributed by atoms with Gasteiger partial charge in [0.25, 0.3) is 0 Å². The second-order valence-electron chi connectivity index (χ2n) is 7.48. The molecule has 3 aromatic rings. The Balaban J connectivity index is 1.57. The molecule has 1 fully saturated rings. The van der Waals surface area contributed by atoms with Gasteiger partial charge in [0, 0.05) is 27.9 Å². The molecule has 5 heteroatoms. The Morgan fingerprint density at radius 2 is 1.82 bits per heavy atom. The number of aryl methyl sites for hydroxylation is 1. The third-order valence-electron chi connectivity index (χ3n) is 5.74. The molecule has 0 bridgehead atoms. The molecule has 1 heterocycles. The van der Waals surface area contributed by atoms with Gasteiger partial charge in [-0.1, -0.05) is 43.2 Å². The van der Waals surface area contributed by atoms with Crippen LogP contribution in [0.5, 0.6) is 0 Å². The Morgan fingerprint density at radius 1 is 1.07 bits per heavy atom. The first kappa shape index (κ1) is 18.8. The van der Waals surface area contributed by atoms with E-state index in [1.807, 2.05) is 25.4 Å². The molecule has 2 N–H and O–H groups in total. The van der Waals surface area contributed by atoms with Gasteiger partial charge in [-0.25, -0.2) is 4.98 Å². The fraction of sp³-hybridized carbons (Fsp3) is 0.304. The maximum atomic E-state index is 12.3. The van der Waals surface area contributed by atoms with Crippen LogP contribution in [0.1, 0.15) is 43.5 Å². The molecule has 1 saturated carbocycles. The molecule has 0 atom stereocenters. The topological polar surface area (TPSA) is 60.9 Å². The number of hydrogen-bond donors (Lipinski definition) is 1. The van der Waals surface area contributed by atoms with E-state index >= 15 is 0 Å². The normalized spacial score (nSPS) is 16.0. The van der Waals surface area contributed by atoms with Crippen LogP contribution in [0.2, 0.25) is 0 Å². The summed E-state index contributed by atoms with van der Waals surface area (Å²) in [6, 6.07) is 16.8. The SMILES string of the molecule is Cc1nccn1-c1ccc(Sc2cccc(C3(C(N)=O)CCCCC3)c2)cc1. The Labute approximate surface area is 170 Å². The Kier molecular flexibility index (Phi) is 5.27. The largest absolute Gasteiger partial charge is 0.369 e. The lowest BCUT2D eigenvalue weighted by Crippen LogP contribution is -2.42. The van der Waals surface area contributed by atoms with Crippen LogP contribution in [0, 0.1) is 6.92 Å². The van der Waals surface area contributed by atoms with Gasteiger partial charge < -0.3 is 10.3 Å². The van der Waals surface area contributed by atoms with Crippen molar-refractivity contribution in [3.05, 3.63) is 72.3 Å². The molecule has 0 spiro atoms. The minimum Gasteiger partial charge on any atom is -0.369 e. The van der Waals surface area contributed by atoms with Gasteiger partial charge in [-0.05, 0) is 61.7 Å². The number of imidazole rings is 1. The highest BCUT2D eigenvalue weighted by Gasteiger charge is 2.39. The smallest absolute Gasteiger partial charge is 0.228 e.